The van der Waals surface area contributed by atoms with E-state index >= 15 is 0 Å². The maximum Gasteiger partial charge on any atom is 0.337 e. The first-order valence-corrected chi connectivity index (χ1v) is 11.0. The Morgan fingerprint density at radius 3 is 2.53 bits per heavy atom. The molecule has 1 aliphatic carbocycles. The Hall–Kier alpha value is -3.09. The van der Waals surface area contributed by atoms with Gasteiger partial charge in [-0.1, -0.05) is 25.1 Å². The molecule has 0 spiro atoms. The fourth-order valence-electron chi connectivity index (χ4n) is 4.55. The molecule has 172 valence electrons. The topological polar surface area (TPSA) is 90.9 Å². The van der Waals surface area contributed by atoms with Crippen LogP contribution in [-0.4, -0.2) is 37.5 Å². The van der Waals surface area contributed by atoms with Crippen molar-refractivity contribution in [2.45, 2.75) is 53.1 Å². The van der Waals surface area contributed by atoms with Gasteiger partial charge in [0.15, 0.2) is 5.78 Å². The molecule has 0 unspecified atom stereocenters. The Kier molecular flexibility index (Phi) is 7.06. The summed E-state index contributed by atoms with van der Waals surface area (Å²) in [5.41, 5.74) is 2.77. The summed E-state index contributed by atoms with van der Waals surface area (Å²) in [6, 6.07) is 7.35. The van der Waals surface area contributed by atoms with Crippen molar-refractivity contribution < 1.29 is 28.6 Å². The molecule has 0 radical (unpaired) electrons. The molecule has 0 saturated carbocycles. The third-order valence-corrected chi connectivity index (χ3v) is 5.84. The van der Waals surface area contributed by atoms with Crippen LogP contribution in [0.4, 0.5) is 0 Å². The summed E-state index contributed by atoms with van der Waals surface area (Å²) < 4.78 is 16.3. The molecular formula is C25H31NO6. The average Bonchev–Trinajstić information content (AvgIpc) is 2.72. The van der Waals surface area contributed by atoms with Crippen LogP contribution in [0.5, 0.6) is 5.75 Å². The Balaban J connectivity index is 2.23. The minimum Gasteiger partial charge on any atom is -0.494 e. The van der Waals surface area contributed by atoms with Gasteiger partial charge >= 0.3 is 11.9 Å². The molecule has 0 aromatic heterocycles. The molecule has 7 heteroatoms. The zero-order valence-corrected chi connectivity index (χ0v) is 19.5. The minimum atomic E-state index is -0.928. The summed E-state index contributed by atoms with van der Waals surface area (Å²) in [5, 5.41) is 3.26. The van der Waals surface area contributed by atoms with Crippen LogP contribution in [0.2, 0.25) is 0 Å². The molecule has 1 N–H and O–H groups in total. The van der Waals surface area contributed by atoms with Crippen LogP contribution in [0.3, 0.4) is 0 Å². The lowest BCUT2D eigenvalue weighted by molar-refractivity contribution is -0.151. The van der Waals surface area contributed by atoms with E-state index in [1.54, 1.807) is 20.8 Å². The molecule has 1 heterocycles. The van der Waals surface area contributed by atoms with E-state index in [1.165, 1.54) is 7.11 Å². The van der Waals surface area contributed by atoms with Gasteiger partial charge in [-0.3, -0.25) is 9.59 Å². The quantitative estimate of drug-likeness (QED) is 0.532. The number of carbonyl (C=O) groups excluding carboxylic acids is 3. The third-order valence-electron chi connectivity index (χ3n) is 5.84. The zero-order chi connectivity index (χ0) is 23.6. The lowest BCUT2D eigenvalue weighted by atomic mass is 9.69. The van der Waals surface area contributed by atoms with Gasteiger partial charge in [0.05, 0.1) is 31.3 Å². The normalized spacial score (nSPS) is 23.0. The summed E-state index contributed by atoms with van der Waals surface area (Å²) >= 11 is 0. The van der Waals surface area contributed by atoms with Crippen LogP contribution in [0.1, 0.15) is 52.5 Å². The molecule has 7 nitrogen and oxygen atoms in total. The molecule has 0 saturated heterocycles. The van der Waals surface area contributed by atoms with Crippen LogP contribution >= 0.6 is 0 Å². The number of hydrogen-bond donors (Lipinski definition) is 1. The number of hydrogen-bond acceptors (Lipinski definition) is 7. The number of methoxy groups -OCH3 is 1. The highest BCUT2D eigenvalue weighted by atomic mass is 16.5. The summed E-state index contributed by atoms with van der Waals surface area (Å²) in [7, 11) is 1.28. The van der Waals surface area contributed by atoms with E-state index in [4.69, 9.17) is 14.2 Å². The predicted molar refractivity (Wildman–Crippen MR) is 119 cm³/mol. The number of benzene rings is 1. The van der Waals surface area contributed by atoms with Crippen LogP contribution in [0.25, 0.3) is 0 Å². The van der Waals surface area contributed by atoms with Crippen LogP contribution in [0, 0.1) is 11.8 Å². The highest BCUT2D eigenvalue weighted by Gasteiger charge is 2.47. The summed E-state index contributed by atoms with van der Waals surface area (Å²) in [5.74, 6) is -2.71. The van der Waals surface area contributed by atoms with Crippen molar-refractivity contribution in [2.24, 2.45) is 11.8 Å². The molecule has 3 atom stereocenters. The van der Waals surface area contributed by atoms with Crippen LogP contribution in [-0.2, 0) is 23.9 Å². The van der Waals surface area contributed by atoms with Crippen molar-refractivity contribution in [1.82, 2.24) is 5.32 Å². The smallest absolute Gasteiger partial charge is 0.337 e. The highest BCUT2D eigenvalue weighted by molar-refractivity contribution is 6.12. The van der Waals surface area contributed by atoms with Crippen LogP contribution in [0.15, 0.2) is 46.8 Å². The van der Waals surface area contributed by atoms with Crippen molar-refractivity contribution >= 4 is 17.7 Å². The predicted octanol–water partition coefficient (Wildman–Crippen LogP) is 3.65. The molecule has 0 amide bonds. The molecular weight excluding hydrogens is 410 g/mol. The first-order chi connectivity index (χ1) is 15.2. The number of para-hydroxylation sites is 1. The number of allylic oxidation sites excluding steroid dienone is 3. The summed E-state index contributed by atoms with van der Waals surface area (Å²) in [6.45, 7) is 9.52. The number of esters is 2. The van der Waals surface area contributed by atoms with E-state index in [9.17, 15) is 14.4 Å². The Labute approximate surface area is 188 Å². The van der Waals surface area contributed by atoms with Gasteiger partial charge < -0.3 is 19.5 Å². The number of ketones is 1. The minimum absolute atomic E-state index is 0.235. The van der Waals surface area contributed by atoms with Crippen molar-refractivity contribution in [1.29, 1.82) is 0 Å². The second kappa shape index (κ2) is 9.59. The molecule has 1 aliphatic heterocycles. The number of Topliss-reactive ketones (excluding diaryl/α,β-unsaturated/α-hetero) is 1. The number of dihydropyridines is 1. The van der Waals surface area contributed by atoms with Gasteiger partial charge in [-0.15, -0.1) is 0 Å². The van der Waals surface area contributed by atoms with Crippen LogP contribution < -0.4 is 10.1 Å². The van der Waals surface area contributed by atoms with Gasteiger partial charge in [-0.05, 0) is 46.1 Å². The largest absolute Gasteiger partial charge is 0.494 e. The summed E-state index contributed by atoms with van der Waals surface area (Å²) in [4.78, 5) is 39.4. The standard InChI is InChI=1S/C25H31NO6/c1-7-31-18-11-9-8-10-16(18)21-20(25(29)32-13(2)3)15(5)26-17-12-14(4)19(24(28)30-6)23(27)22(17)21/h8-11,13-14,19,21,26H,7,12H2,1-6H3/t14-,19+,21+/m0/s1. The van der Waals surface area contributed by atoms with Crippen molar-refractivity contribution in [3.63, 3.8) is 0 Å². The molecule has 32 heavy (non-hydrogen) atoms. The van der Waals surface area contributed by atoms with E-state index in [1.807, 2.05) is 38.1 Å². The Morgan fingerprint density at radius 2 is 1.91 bits per heavy atom. The van der Waals surface area contributed by atoms with Gasteiger partial charge in [-0.2, -0.15) is 0 Å². The number of rotatable bonds is 6. The van der Waals surface area contributed by atoms with Crippen molar-refractivity contribution in [2.75, 3.05) is 13.7 Å². The lowest BCUT2D eigenvalue weighted by Crippen LogP contribution is -2.43. The van der Waals surface area contributed by atoms with Crippen molar-refractivity contribution in [3.8, 4) is 5.75 Å². The Bertz CT molecular complexity index is 990. The first-order valence-electron chi connectivity index (χ1n) is 11.0. The molecule has 3 rings (SSSR count). The zero-order valence-electron chi connectivity index (χ0n) is 19.5. The van der Waals surface area contributed by atoms with Gasteiger partial charge in [0.1, 0.15) is 11.7 Å². The molecule has 2 aliphatic rings. The SMILES string of the molecule is CCOc1ccccc1[C@@H]1C(C(=O)OC(C)C)=C(C)NC2=C1C(=O)[C@H](C(=O)OC)[C@@H](C)C2. The molecule has 0 bridgehead atoms. The third kappa shape index (κ3) is 4.29. The number of nitrogens with one attached hydrogen (secondary N) is 1. The second-order valence-electron chi connectivity index (χ2n) is 8.46. The monoisotopic (exact) mass is 441 g/mol. The highest BCUT2D eigenvalue weighted by Crippen LogP contribution is 2.47. The van der Waals surface area contributed by atoms with Gasteiger partial charge in [0.2, 0.25) is 0 Å². The maximum absolute atomic E-state index is 13.7. The van der Waals surface area contributed by atoms with E-state index in [-0.39, 0.29) is 17.8 Å². The number of ether oxygens (including phenoxy) is 3. The van der Waals surface area contributed by atoms with E-state index in [2.05, 4.69) is 5.32 Å². The van der Waals surface area contributed by atoms with Gasteiger partial charge in [-0.25, -0.2) is 4.79 Å². The van der Waals surface area contributed by atoms with Crippen molar-refractivity contribution in [3.05, 3.63) is 52.4 Å². The second-order valence-corrected chi connectivity index (χ2v) is 8.46. The molecule has 1 aromatic carbocycles. The first kappa shape index (κ1) is 23.6. The average molecular weight is 442 g/mol. The van der Waals surface area contributed by atoms with E-state index in [0.29, 0.717) is 41.2 Å². The fourth-order valence-corrected chi connectivity index (χ4v) is 4.55. The summed E-state index contributed by atoms with van der Waals surface area (Å²) in [6.07, 6.45) is 0.156. The molecule has 1 aromatic rings. The fraction of sp³-hybridized carbons (Fsp3) is 0.480. The number of carbonyl (C=O) groups is 3. The molecule has 0 fully saturated rings. The van der Waals surface area contributed by atoms with E-state index < -0.39 is 23.8 Å². The van der Waals surface area contributed by atoms with Gasteiger partial charge in [0, 0.05) is 22.5 Å². The Morgan fingerprint density at radius 1 is 1.22 bits per heavy atom. The van der Waals surface area contributed by atoms with E-state index in [0.717, 1.165) is 5.70 Å². The maximum atomic E-state index is 13.7. The lowest BCUT2D eigenvalue weighted by Gasteiger charge is -2.38. The van der Waals surface area contributed by atoms with Gasteiger partial charge in [0.25, 0.3) is 0 Å².